The van der Waals surface area contributed by atoms with Crippen LogP contribution < -0.4 is 5.73 Å². The third-order valence-corrected chi connectivity index (χ3v) is 5.07. The molecular formula is C18H29N3. The van der Waals surface area contributed by atoms with Gasteiger partial charge in [0.15, 0.2) is 0 Å². The average molecular weight is 287 g/mol. The molecule has 0 aliphatic carbocycles. The molecule has 3 heteroatoms. The summed E-state index contributed by atoms with van der Waals surface area (Å²) in [7, 11) is 0. The van der Waals surface area contributed by atoms with Crippen molar-refractivity contribution in [1.82, 2.24) is 9.80 Å². The number of rotatable bonds is 5. The normalized spacial score (nSPS) is 25.0. The Hall–Kier alpha value is -0.900. The number of nitrogens with zero attached hydrogens (tertiary/aromatic N) is 2. The molecule has 0 aromatic heterocycles. The Kier molecular flexibility index (Phi) is 4.94. The molecule has 2 aliphatic heterocycles. The molecule has 2 N–H and O–H groups in total. The van der Waals surface area contributed by atoms with Gasteiger partial charge in [0.25, 0.3) is 0 Å². The first-order chi connectivity index (χ1) is 10.3. The molecule has 0 saturated carbocycles. The zero-order valence-corrected chi connectivity index (χ0v) is 13.3. The minimum atomic E-state index is 0.147. The molecule has 0 spiro atoms. The van der Waals surface area contributed by atoms with Crippen LogP contribution in [0.1, 0.15) is 43.4 Å². The molecule has 1 aromatic carbocycles. The van der Waals surface area contributed by atoms with E-state index in [2.05, 4.69) is 41.0 Å². The summed E-state index contributed by atoms with van der Waals surface area (Å²) >= 11 is 0. The van der Waals surface area contributed by atoms with Crippen molar-refractivity contribution >= 4 is 0 Å². The van der Waals surface area contributed by atoms with Crippen LogP contribution in [0.3, 0.4) is 0 Å². The van der Waals surface area contributed by atoms with Gasteiger partial charge in [0.1, 0.15) is 0 Å². The van der Waals surface area contributed by atoms with E-state index in [9.17, 15) is 0 Å². The fourth-order valence-corrected chi connectivity index (χ4v) is 3.83. The van der Waals surface area contributed by atoms with Crippen molar-refractivity contribution in [2.45, 2.75) is 44.7 Å². The van der Waals surface area contributed by atoms with Gasteiger partial charge < -0.3 is 5.73 Å². The van der Waals surface area contributed by atoms with Gasteiger partial charge in [0, 0.05) is 38.3 Å². The molecule has 2 heterocycles. The number of fused-ring (bicyclic) bond motifs is 1. The van der Waals surface area contributed by atoms with Gasteiger partial charge in [0.2, 0.25) is 0 Å². The molecule has 2 fully saturated rings. The van der Waals surface area contributed by atoms with Crippen LogP contribution in [0.15, 0.2) is 24.3 Å². The average Bonchev–Trinajstić information content (AvgIpc) is 2.96. The first kappa shape index (κ1) is 15.0. The van der Waals surface area contributed by atoms with Crippen LogP contribution in [-0.2, 0) is 6.42 Å². The lowest BCUT2D eigenvalue weighted by Gasteiger charge is -2.38. The first-order valence-electron chi connectivity index (χ1n) is 8.57. The molecule has 21 heavy (non-hydrogen) atoms. The first-order valence-corrected chi connectivity index (χ1v) is 8.57. The van der Waals surface area contributed by atoms with Gasteiger partial charge in [-0.2, -0.15) is 0 Å². The van der Waals surface area contributed by atoms with Crippen molar-refractivity contribution in [3.8, 4) is 0 Å². The third kappa shape index (κ3) is 3.65. The molecule has 2 atom stereocenters. The number of hydrogen-bond donors (Lipinski definition) is 1. The fourth-order valence-electron chi connectivity index (χ4n) is 3.83. The Morgan fingerprint density at radius 3 is 2.76 bits per heavy atom. The van der Waals surface area contributed by atoms with Gasteiger partial charge in [-0.15, -0.1) is 0 Å². The minimum Gasteiger partial charge on any atom is -0.323 e. The molecular weight excluding hydrogens is 258 g/mol. The number of hydrogen-bond acceptors (Lipinski definition) is 3. The molecule has 3 nitrogen and oxygen atoms in total. The van der Waals surface area contributed by atoms with Gasteiger partial charge in [-0.1, -0.05) is 37.6 Å². The topological polar surface area (TPSA) is 32.5 Å². The Balaban J connectivity index is 1.54. The third-order valence-electron chi connectivity index (χ3n) is 5.07. The van der Waals surface area contributed by atoms with Crippen molar-refractivity contribution in [3.05, 3.63) is 35.4 Å². The predicted molar refractivity (Wildman–Crippen MR) is 88.4 cm³/mol. The predicted octanol–water partition coefficient (Wildman–Crippen LogP) is 2.42. The van der Waals surface area contributed by atoms with Crippen LogP contribution in [0.25, 0.3) is 0 Å². The highest BCUT2D eigenvalue weighted by Gasteiger charge is 2.30. The number of benzene rings is 1. The van der Waals surface area contributed by atoms with Crippen LogP contribution in [0.4, 0.5) is 0 Å². The van der Waals surface area contributed by atoms with Crippen molar-refractivity contribution in [1.29, 1.82) is 0 Å². The van der Waals surface area contributed by atoms with E-state index in [0.717, 1.165) is 12.6 Å². The number of aryl methyl sites for hydroxylation is 1. The maximum atomic E-state index is 6.43. The number of nitrogens with two attached hydrogens (primary N) is 1. The molecule has 2 unspecified atom stereocenters. The smallest absolute Gasteiger partial charge is 0.0424 e. The molecule has 116 valence electrons. The van der Waals surface area contributed by atoms with E-state index in [1.165, 1.54) is 63.0 Å². The van der Waals surface area contributed by atoms with Crippen LogP contribution >= 0.6 is 0 Å². The van der Waals surface area contributed by atoms with E-state index in [1.54, 1.807) is 0 Å². The summed E-state index contributed by atoms with van der Waals surface area (Å²) in [5.41, 5.74) is 9.14. The molecule has 0 radical (unpaired) electrons. The SMILES string of the molecule is CCCc1ccc(C(N)CN2CCN3CCCC3C2)cc1. The van der Waals surface area contributed by atoms with Crippen molar-refractivity contribution in [2.24, 2.45) is 5.73 Å². The van der Waals surface area contributed by atoms with Crippen molar-refractivity contribution < 1.29 is 0 Å². The Morgan fingerprint density at radius 1 is 1.19 bits per heavy atom. The minimum absolute atomic E-state index is 0.147. The highest BCUT2D eigenvalue weighted by atomic mass is 15.3. The summed E-state index contributed by atoms with van der Waals surface area (Å²) in [6.07, 6.45) is 5.12. The Labute approximate surface area is 129 Å². The molecule has 0 amide bonds. The van der Waals surface area contributed by atoms with E-state index in [4.69, 9.17) is 5.73 Å². The maximum Gasteiger partial charge on any atom is 0.0424 e. The summed E-state index contributed by atoms with van der Waals surface area (Å²) < 4.78 is 0. The molecule has 0 bridgehead atoms. The summed E-state index contributed by atoms with van der Waals surface area (Å²) in [4.78, 5) is 5.22. The Bertz CT molecular complexity index is 442. The fraction of sp³-hybridized carbons (Fsp3) is 0.667. The van der Waals surface area contributed by atoms with E-state index in [1.807, 2.05) is 0 Å². The van der Waals surface area contributed by atoms with Gasteiger partial charge in [-0.25, -0.2) is 0 Å². The van der Waals surface area contributed by atoms with Gasteiger partial charge in [-0.05, 0) is 36.9 Å². The molecule has 2 saturated heterocycles. The van der Waals surface area contributed by atoms with Crippen LogP contribution in [0.2, 0.25) is 0 Å². The van der Waals surface area contributed by atoms with E-state index >= 15 is 0 Å². The molecule has 2 aliphatic rings. The zero-order chi connectivity index (χ0) is 14.7. The van der Waals surface area contributed by atoms with Crippen molar-refractivity contribution in [2.75, 3.05) is 32.7 Å². The quantitative estimate of drug-likeness (QED) is 0.903. The highest BCUT2D eigenvalue weighted by Crippen LogP contribution is 2.23. The summed E-state index contributed by atoms with van der Waals surface area (Å²) in [6, 6.07) is 9.87. The zero-order valence-electron chi connectivity index (χ0n) is 13.3. The largest absolute Gasteiger partial charge is 0.323 e. The van der Waals surface area contributed by atoms with E-state index in [0.29, 0.717) is 0 Å². The standard InChI is InChI=1S/C18H29N3/c1-2-4-15-6-8-16(9-7-15)18(19)14-20-11-12-21-10-3-5-17(21)13-20/h6-9,17-18H,2-5,10-14,19H2,1H3. The van der Waals surface area contributed by atoms with Gasteiger partial charge in [-0.3, -0.25) is 9.80 Å². The van der Waals surface area contributed by atoms with E-state index < -0.39 is 0 Å². The van der Waals surface area contributed by atoms with Crippen LogP contribution in [0, 0.1) is 0 Å². The number of piperazine rings is 1. The second kappa shape index (κ2) is 6.91. The van der Waals surface area contributed by atoms with Gasteiger partial charge in [0.05, 0.1) is 0 Å². The Morgan fingerprint density at radius 2 is 2.00 bits per heavy atom. The second-order valence-electron chi connectivity index (χ2n) is 6.69. The monoisotopic (exact) mass is 287 g/mol. The van der Waals surface area contributed by atoms with Crippen LogP contribution in [-0.4, -0.2) is 48.6 Å². The lowest BCUT2D eigenvalue weighted by molar-refractivity contribution is 0.0998. The summed E-state index contributed by atoms with van der Waals surface area (Å²) in [5, 5.41) is 0. The summed E-state index contributed by atoms with van der Waals surface area (Å²) in [5.74, 6) is 0. The van der Waals surface area contributed by atoms with Gasteiger partial charge >= 0.3 is 0 Å². The highest BCUT2D eigenvalue weighted by molar-refractivity contribution is 5.25. The molecule has 3 rings (SSSR count). The lowest BCUT2D eigenvalue weighted by atomic mass is 10.0. The lowest BCUT2D eigenvalue weighted by Crippen LogP contribution is -2.51. The van der Waals surface area contributed by atoms with Crippen LogP contribution in [0.5, 0.6) is 0 Å². The maximum absolute atomic E-state index is 6.43. The molecule has 1 aromatic rings. The van der Waals surface area contributed by atoms with E-state index in [-0.39, 0.29) is 6.04 Å². The second-order valence-corrected chi connectivity index (χ2v) is 6.69. The van der Waals surface area contributed by atoms with Crippen molar-refractivity contribution in [3.63, 3.8) is 0 Å². The summed E-state index contributed by atoms with van der Waals surface area (Å²) in [6.45, 7) is 8.15.